The zero-order valence-electron chi connectivity index (χ0n) is 10.2. The second-order valence-electron chi connectivity index (χ2n) is 3.74. The van der Waals surface area contributed by atoms with E-state index in [1.54, 1.807) is 12.1 Å². The lowest BCUT2D eigenvalue weighted by molar-refractivity contribution is 0.351. The highest BCUT2D eigenvalue weighted by molar-refractivity contribution is 9.10. The molecule has 0 saturated heterocycles. The van der Waals surface area contributed by atoms with Gasteiger partial charge in [-0.05, 0) is 28.1 Å². The molecule has 0 spiro atoms. The fraction of sp³-hybridized carbons (Fsp3) is 0.231. The minimum absolute atomic E-state index is 0.347. The van der Waals surface area contributed by atoms with Gasteiger partial charge in [0, 0.05) is 17.2 Å². The first-order valence-electron chi connectivity index (χ1n) is 5.36. The number of furan rings is 1. The second-order valence-corrected chi connectivity index (χ2v) is 5.38. The van der Waals surface area contributed by atoms with E-state index < -0.39 is 0 Å². The Hall–Kier alpha value is -1.01. The molecule has 0 saturated carbocycles. The molecular formula is C13H11Br2FO3. The largest absolute Gasteiger partial charge is 0.493 e. The molecule has 1 atom stereocenters. The first kappa shape index (κ1) is 14.4. The summed E-state index contributed by atoms with van der Waals surface area (Å²) in [5.74, 6) is 0.449. The van der Waals surface area contributed by atoms with Crippen LogP contribution in [0, 0.1) is 5.82 Å². The third-order valence-electron chi connectivity index (χ3n) is 2.70. The number of hydrogen-bond acceptors (Lipinski definition) is 3. The molecule has 0 aliphatic rings. The van der Waals surface area contributed by atoms with Crippen molar-refractivity contribution < 1.29 is 18.3 Å². The summed E-state index contributed by atoms with van der Waals surface area (Å²) in [7, 11) is 2.98. The van der Waals surface area contributed by atoms with Crippen LogP contribution in [0.5, 0.6) is 11.5 Å². The molecule has 1 aromatic heterocycles. The van der Waals surface area contributed by atoms with Crippen LogP contribution >= 0.6 is 31.9 Å². The number of ether oxygens (including phenoxy) is 2. The molecule has 6 heteroatoms. The Morgan fingerprint density at radius 1 is 1.16 bits per heavy atom. The van der Waals surface area contributed by atoms with E-state index in [0.717, 1.165) is 5.56 Å². The number of hydrogen-bond donors (Lipinski definition) is 0. The van der Waals surface area contributed by atoms with Gasteiger partial charge in [0.05, 0.1) is 25.3 Å². The molecule has 0 N–H and O–H groups in total. The van der Waals surface area contributed by atoms with Crippen molar-refractivity contribution in [2.75, 3.05) is 14.2 Å². The van der Waals surface area contributed by atoms with E-state index in [0.29, 0.717) is 21.7 Å². The van der Waals surface area contributed by atoms with Crippen molar-refractivity contribution in [3.63, 3.8) is 0 Å². The SMILES string of the molecule is COc1cc(F)c(C(Br)c2ccoc2Br)cc1OC. The standard InChI is InChI=1S/C13H11Br2FO3/c1-17-10-5-8(9(16)6-11(10)18-2)12(14)7-3-4-19-13(7)15/h3-6,12H,1-2H3. The van der Waals surface area contributed by atoms with Gasteiger partial charge in [0.2, 0.25) is 0 Å². The van der Waals surface area contributed by atoms with Crippen molar-refractivity contribution in [1.82, 2.24) is 0 Å². The van der Waals surface area contributed by atoms with Crippen LogP contribution in [0.4, 0.5) is 4.39 Å². The number of rotatable bonds is 4. The Morgan fingerprint density at radius 2 is 1.79 bits per heavy atom. The first-order valence-corrected chi connectivity index (χ1v) is 7.07. The Labute approximate surface area is 127 Å². The third-order valence-corrected chi connectivity index (χ3v) is 4.33. The smallest absolute Gasteiger partial charge is 0.173 e. The van der Waals surface area contributed by atoms with E-state index in [-0.39, 0.29) is 10.6 Å². The van der Waals surface area contributed by atoms with E-state index in [4.69, 9.17) is 13.9 Å². The lowest BCUT2D eigenvalue weighted by Gasteiger charge is -2.14. The van der Waals surface area contributed by atoms with E-state index in [9.17, 15) is 4.39 Å². The quantitative estimate of drug-likeness (QED) is 0.706. The highest BCUT2D eigenvalue weighted by Gasteiger charge is 2.21. The molecule has 0 fully saturated rings. The lowest BCUT2D eigenvalue weighted by Crippen LogP contribution is -1.99. The molecule has 2 rings (SSSR count). The van der Waals surface area contributed by atoms with Gasteiger partial charge in [0.25, 0.3) is 0 Å². The van der Waals surface area contributed by atoms with Crippen LogP contribution < -0.4 is 9.47 Å². The highest BCUT2D eigenvalue weighted by atomic mass is 79.9. The Morgan fingerprint density at radius 3 is 2.32 bits per heavy atom. The number of halogens is 3. The summed E-state index contributed by atoms with van der Waals surface area (Å²) >= 11 is 6.74. The number of benzene rings is 1. The van der Waals surface area contributed by atoms with Crippen LogP contribution in [0.3, 0.4) is 0 Å². The summed E-state index contributed by atoms with van der Waals surface area (Å²) in [6.07, 6.45) is 1.53. The molecule has 0 aliphatic carbocycles. The second kappa shape index (κ2) is 5.96. The zero-order chi connectivity index (χ0) is 14.0. The van der Waals surface area contributed by atoms with Crippen molar-refractivity contribution in [1.29, 1.82) is 0 Å². The Balaban J connectivity index is 2.48. The number of alkyl halides is 1. The maximum Gasteiger partial charge on any atom is 0.173 e. The molecule has 1 unspecified atom stereocenters. The van der Waals surface area contributed by atoms with Gasteiger partial charge in [-0.15, -0.1) is 0 Å². The summed E-state index contributed by atoms with van der Waals surface area (Å²) in [4.78, 5) is -0.347. The minimum atomic E-state index is -0.382. The van der Waals surface area contributed by atoms with Crippen molar-refractivity contribution >= 4 is 31.9 Å². The summed E-state index contributed by atoms with van der Waals surface area (Å²) in [6, 6.07) is 4.67. The van der Waals surface area contributed by atoms with Crippen LogP contribution in [0.1, 0.15) is 16.0 Å². The Bertz CT molecular complexity index is 583. The van der Waals surface area contributed by atoms with Crippen LogP contribution in [0.15, 0.2) is 33.5 Å². The number of methoxy groups -OCH3 is 2. The molecule has 1 heterocycles. The fourth-order valence-electron chi connectivity index (χ4n) is 1.72. The van der Waals surface area contributed by atoms with Gasteiger partial charge in [-0.3, -0.25) is 0 Å². The van der Waals surface area contributed by atoms with Gasteiger partial charge in [-0.25, -0.2) is 4.39 Å². The van der Waals surface area contributed by atoms with Gasteiger partial charge in [-0.2, -0.15) is 0 Å². The maximum absolute atomic E-state index is 14.1. The minimum Gasteiger partial charge on any atom is -0.493 e. The fourth-order valence-corrected chi connectivity index (χ4v) is 3.20. The van der Waals surface area contributed by atoms with Crippen LogP contribution in [0.25, 0.3) is 0 Å². The molecular weight excluding hydrogens is 383 g/mol. The van der Waals surface area contributed by atoms with Crippen molar-refractivity contribution in [3.8, 4) is 11.5 Å². The zero-order valence-corrected chi connectivity index (χ0v) is 13.4. The van der Waals surface area contributed by atoms with Crippen molar-refractivity contribution in [2.24, 2.45) is 0 Å². The van der Waals surface area contributed by atoms with Crippen LogP contribution in [-0.2, 0) is 0 Å². The molecule has 2 aromatic rings. The average molecular weight is 394 g/mol. The van der Waals surface area contributed by atoms with E-state index in [1.807, 2.05) is 0 Å². The molecule has 0 aliphatic heterocycles. The van der Waals surface area contributed by atoms with E-state index in [2.05, 4.69) is 31.9 Å². The summed E-state index contributed by atoms with van der Waals surface area (Å²) in [5.41, 5.74) is 1.24. The monoisotopic (exact) mass is 392 g/mol. The van der Waals surface area contributed by atoms with Crippen LogP contribution in [0.2, 0.25) is 0 Å². The molecule has 102 valence electrons. The van der Waals surface area contributed by atoms with Gasteiger partial charge in [-0.1, -0.05) is 15.9 Å². The molecule has 3 nitrogen and oxygen atoms in total. The van der Waals surface area contributed by atoms with Crippen LogP contribution in [-0.4, -0.2) is 14.2 Å². The van der Waals surface area contributed by atoms with Gasteiger partial charge in [0.1, 0.15) is 5.82 Å². The van der Waals surface area contributed by atoms with Crippen molar-refractivity contribution in [2.45, 2.75) is 4.83 Å². The molecule has 19 heavy (non-hydrogen) atoms. The van der Waals surface area contributed by atoms with E-state index >= 15 is 0 Å². The maximum atomic E-state index is 14.1. The summed E-state index contributed by atoms with van der Waals surface area (Å²) in [6.45, 7) is 0. The first-order chi connectivity index (χ1) is 9.08. The highest BCUT2D eigenvalue weighted by Crippen LogP contribution is 2.40. The summed E-state index contributed by atoms with van der Waals surface area (Å²) in [5, 5.41) is 0. The van der Waals surface area contributed by atoms with Gasteiger partial charge < -0.3 is 13.9 Å². The van der Waals surface area contributed by atoms with Gasteiger partial charge in [0.15, 0.2) is 16.2 Å². The predicted molar refractivity (Wildman–Crippen MR) is 76.7 cm³/mol. The lowest BCUT2D eigenvalue weighted by atomic mass is 10.1. The van der Waals surface area contributed by atoms with Gasteiger partial charge >= 0.3 is 0 Å². The normalized spacial score (nSPS) is 12.3. The molecule has 0 amide bonds. The van der Waals surface area contributed by atoms with Crippen molar-refractivity contribution in [3.05, 3.63) is 46.1 Å². The molecule has 0 radical (unpaired) electrons. The summed E-state index contributed by atoms with van der Waals surface area (Å²) < 4.78 is 30.1. The topological polar surface area (TPSA) is 31.6 Å². The Kier molecular flexibility index (Phi) is 4.52. The molecule has 1 aromatic carbocycles. The average Bonchev–Trinajstić information content (AvgIpc) is 2.83. The predicted octanol–water partition coefficient (Wildman–Crippen LogP) is 4.68. The molecule has 0 bridgehead atoms. The third kappa shape index (κ3) is 2.79. The van der Waals surface area contributed by atoms with E-state index in [1.165, 1.54) is 26.5 Å².